The van der Waals surface area contributed by atoms with E-state index in [2.05, 4.69) is 4.98 Å². The summed E-state index contributed by atoms with van der Waals surface area (Å²) in [5.41, 5.74) is -1.71. The van der Waals surface area contributed by atoms with Gasteiger partial charge in [0.25, 0.3) is 0 Å². The normalized spacial score (nSPS) is 15.1. The average molecular weight is 209 g/mol. The summed E-state index contributed by atoms with van der Waals surface area (Å²) in [5.74, 6) is -0.458. The Balaban J connectivity index is 2.74. The number of benzene rings is 1. The highest BCUT2D eigenvalue weighted by Gasteiger charge is 2.28. The van der Waals surface area contributed by atoms with Crippen LogP contribution >= 0.6 is 0 Å². The molecule has 0 spiro atoms. The Bertz CT molecular complexity index is 516. The molecule has 2 aromatic rings. The summed E-state index contributed by atoms with van der Waals surface area (Å²) < 4.78 is 27.0. The minimum absolute atomic E-state index is 0.159. The Morgan fingerprint density at radius 1 is 1.47 bits per heavy atom. The van der Waals surface area contributed by atoms with Crippen molar-refractivity contribution in [1.82, 2.24) is 4.98 Å². The number of para-hydroxylation sites is 1. The summed E-state index contributed by atoms with van der Waals surface area (Å²) >= 11 is 0. The van der Waals surface area contributed by atoms with Crippen molar-refractivity contribution in [2.24, 2.45) is 0 Å². The molecule has 0 saturated carbocycles. The van der Waals surface area contributed by atoms with Crippen LogP contribution in [-0.2, 0) is 10.5 Å². The molecule has 1 atom stereocenters. The van der Waals surface area contributed by atoms with E-state index in [1.54, 1.807) is 6.07 Å². The van der Waals surface area contributed by atoms with Gasteiger partial charge in [-0.3, -0.25) is 4.79 Å². The van der Waals surface area contributed by atoms with Crippen molar-refractivity contribution in [3.63, 3.8) is 0 Å². The third-order valence-corrected chi connectivity index (χ3v) is 2.41. The SMILES string of the molecule is CC(F)(C=O)c1c[nH]c2c(F)cccc12. The molecular formula is C11H9F2NO. The van der Waals surface area contributed by atoms with Crippen LogP contribution in [0.1, 0.15) is 12.5 Å². The molecule has 0 radical (unpaired) electrons. The number of fused-ring (bicyclic) bond motifs is 1. The maximum Gasteiger partial charge on any atom is 0.190 e. The molecule has 4 heteroatoms. The van der Waals surface area contributed by atoms with E-state index in [0.29, 0.717) is 5.39 Å². The van der Waals surface area contributed by atoms with Crippen molar-refractivity contribution in [2.45, 2.75) is 12.6 Å². The van der Waals surface area contributed by atoms with Gasteiger partial charge < -0.3 is 4.98 Å². The molecule has 0 amide bonds. The number of aromatic amines is 1. The monoisotopic (exact) mass is 209 g/mol. The average Bonchev–Trinajstić information content (AvgIpc) is 2.63. The molecule has 1 unspecified atom stereocenters. The summed E-state index contributed by atoms with van der Waals surface area (Å²) in [7, 11) is 0. The molecule has 2 nitrogen and oxygen atoms in total. The summed E-state index contributed by atoms with van der Waals surface area (Å²) in [6.45, 7) is 1.15. The van der Waals surface area contributed by atoms with Crippen LogP contribution in [0.25, 0.3) is 10.9 Å². The second kappa shape index (κ2) is 3.15. The molecule has 0 aliphatic heterocycles. The van der Waals surface area contributed by atoms with Gasteiger partial charge in [-0.25, -0.2) is 8.78 Å². The molecule has 0 bridgehead atoms. The van der Waals surface area contributed by atoms with Gasteiger partial charge in [0.15, 0.2) is 12.0 Å². The van der Waals surface area contributed by atoms with E-state index in [0.717, 1.165) is 6.92 Å². The zero-order valence-corrected chi connectivity index (χ0v) is 8.05. The van der Waals surface area contributed by atoms with Crippen LogP contribution in [0.5, 0.6) is 0 Å². The second-order valence-electron chi connectivity index (χ2n) is 3.56. The van der Waals surface area contributed by atoms with Gasteiger partial charge in [-0.05, 0) is 13.0 Å². The molecule has 0 aliphatic rings. The van der Waals surface area contributed by atoms with E-state index >= 15 is 0 Å². The lowest BCUT2D eigenvalue weighted by Crippen LogP contribution is -2.15. The quantitative estimate of drug-likeness (QED) is 0.758. The summed E-state index contributed by atoms with van der Waals surface area (Å²) in [4.78, 5) is 13.2. The molecule has 0 saturated heterocycles. The van der Waals surface area contributed by atoms with Crippen LogP contribution in [0.15, 0.2) is 24.4 Å². The largest absolute Gasteiger partial charge is 0.358 e. The summed E-state index contributed by atoms with van der Waals surface area (Å²) in [6, 6.07) is 4.33. The Morgan fingerprint density at radius 3 is 2.87 bits per heavy atom. The number of halogens is 2. The first-order valence-corrected chi connectivity index (χ1v) is 4.47. The van der Waals surface area contributed by atoms with Gasteiger partial charge in [-0.1, -0.05) is 12.1 Å². The zero-order chi connectivity index (χ0) is 11.1. The number of rotatable bonds is 2. The summed E-state index contributed by atoms with van der Waals surface area (Å²) in [5, 5.41) is 0.395. The molecule has 1 heterocycles. The Labute approximate surface area is 84.9 Å². The number of alkyl halides is 1. The lowest BCUT2D eigenvalue weighted by Gasteiger charge is -2.10. The maximum atomic E-state index is 13.7. The number of hydrogen-bond acceptors (Lipinski definition) is 1. The number of aldehydes is 1. The first-order chi connectivity index (χ1) is 7.06. The standard InChI is InChI=1S/C11H9F2NO/c1-11(13,6-15)8-5-14-10-7(8)3-2-4-9(10)12/h2-6,14H,1H3. The highest BCUT2D eigenvalue weighted by molar-refractivity contribution is 5.87. The lowest BCUT2D eigenvalue weighted by molar-refractivity contribution is -0.117. The van der Waals surface area contributed by atoms with Crippen LogP contribution in [-0.4, -0.2) is 11.3 Å². The molecule has 15 heavy (non-hydrogen) atoms. The topological polar surface area (TPSA) is 32.9 Å². The molecule has 2 rings (SSSR count). The van der Waals surface area contributed by atoms with E-state index < -0.39 is 11.5 Å². The van der Waals surface area contributed by atoms with Crippen LogP contribution in [0.2, 0.25) is 0 Å². The minimum Gasteiger partial charge on any atom is -0.358 e. The number of nitrogens with one attached hydrogen (secondary N) is 1. The fraction of sp³-hybridized carbons (Fsp3) is 0.182. The Kier molecular flexibility index (Phi) is 2.07. The molecule has 78 valence electrons. The zero-order valence-electron chi connectivity index (χ0n) is 8.05. The van der Waals surface area contributed by atoms with Crippen molar-refractivity contribution in [2.75, 3.05) is 0 Å². The molecule has 1 N–H and O–H groups in total. The molecule has 1 aromatic heterocycles. The number of aromatic nitrogens is 1. The first kappa shape index (κ1) is 9.83. The van der Waals surface area contributed by atoms with Crippen molar-refractivity contribution in [3.8, 4) is 0 Å². The van der Waals surface area contributed by atoms with Gasteiger partial charge >= 0.3 is 0 Å². The highest BCUT2D eigenvalue weighted by atomic mass is 19.1. The van der Waals surface area contributed by atoms with Gasteiger partial charge in [-0.15, -0.1) is 0 Å². The third kappa shape index (κ3) is 1.42. The van der Waals surface area contributed by atoms with Gasteiger partial charge in [0, 0.05) is 17.1 Å². The van der Waals surface area contributed by atoms with Crippen molar-refractivity contribution in [1.29, 1.82) is 0 Å². The Morgan fingerprint density at radius 2 is 2.20 bits per heavy atom. The first-order valence-electron chi connectivity index (χ1n) is 4.47. The van der Waals surface area contributed by atoms with Crippen LogP contribution in [0.3, 0.4) is 0 Å². The maximum absolute atomic E-state index is 13.7. The predicted octanol–water partition coefficient (Wildman–Crippen LogP) is 2.69. The van der Waals surface area contributed by atoms with Gasteiger partial charge in [0.2, 0.25) is 0 Å². The lowest BCUT2D eigenvalue weighted by atomic mass is 9.99. The van der Waals surface area contributed by atoms with Crippen LogP contribution in [0, 0.1) is 5.82 Å². The molecule has 0 aliphatic carbocycles. The fourth-order valence-corrected chi connectivity index (χ4v) is 1.59. The number of hydrogen-bond donors (Lipinski definition) is 1. The number of carbonyl (C=O) groups is 1. The van der Waals surface area contributed by atoms with Gasteiger partial charge in [0.05, 0.1) is 5.52 Å². The molecule has 0 fully saturated rings. The third-order valence-electron chi connectivity index (χ3n) is 2.41. The number of H-pyrrole nitrogens is 1. The number of carbonyl (C=O) groups excluding carboxylic acids is 1. The van der Waals surface area contributed by atoms with Crippen molar-refractivity contribution < 1.29 is 13.6 Å². The van der Waals surface area contributed by atoms with Crippen molar-refractivity contribution in [3.05, 3.63) is 35.8 Å². The van der Waals surface area contributed by atoms with E-state index in [-0.39, 0.29) is 17.4 Å². The fourth-order valence-electron chi connectivity index (χ4n) is 1.59. The van der Waals surface area contributed by atoms with E-state index in [4.69, 9.17) is 0 Å². The predicted molar refractivity (Wildman–Crippen MR) is 52.8 cm³/mol. The van der Waals surface area contributed by atoms with Crippen LogP contribution < -0.4 is 0 Å². The van der Waals surface area contributed by atoms with E-state index in [1.807, 2.05) is 0 Å². The molecular weight excluding hydrogens is 200 g/mol. The smallest absolute Gasteiger partial charge is 0.190 e. The van der Waals surface area contributed by atoms with Crippen LogP contribution in [0.4, 0.5) is 8.78 Å². The van der Waals surface area contributed by atoms with E-state index in [1.165, 1.54) is 18.3 Å². The summed E-state index contributed by atoms with van der Waals surface area (Å²) in [6.07, 6.45) is 1.53. The van der Waals surface area contributed by atoms with E-state index in [9.17, 15) is 13.6 Å². The van der Waals surface area contributed by atoms with Gasteiger partial charge in [-0.2, -0.15) is 0 Å². The Hall–Kier alpha value is -1.71. The van der Waals surface area contributed by atoms with Gasteiger partial charge in [0.1, 0.15) is 5.82 Å². The molecule has 1 aromatic carbocycles. The second-order valence-corrected chi connectivity index (χ2v) is 3.56. The van der Waals surface area contributed by atoms with Crippen molar-refractivity contribution >= 4 is 17.2 Å². The minimum atomic E-state index is -2.09. The highest BCUT2D eigenvalue weighted by Crippen LogP contribution is 2.31.